The molecule has 2 rings (SSSR count). The minimum Gasteiger partial charge on any atom is -0.481 e. The van der Waals surface area contributed by atoms with Gasteiger partial charge >= 0.3 is 5.97 Å². The summed E-state index contributed by atoms with van der Waals surface area (Å²) >= 11 is 0. The molecule has 28 heavy (non-hydrogen) atoms. The van der Waals surface area contributed by atoms with Crippen molar-refractivity contribution in [2.24, 2.45) is 11.8 Å². The molecule has 0 bridgehead atoms. The molecule has 0 saturated heterocycles. The predicted octanol–water partition coefficient (Wildman–Crippen LogP) is 3.10. The van der Waals surface area contributed by atoms with Gasteiger partial charge in [0.1, 0.15) is 0 Å². The second kappa shape index (κ2) is 11.8. The molecule has 1 aliphatic carbocycles. The number of hydrogen-bond donors (Lipinski definition) is 4. The Bertz CT molecular complexity index is 640. The van der Waals surface area contributed by atoms with E-state index in [0.29, 0.717) is 32.1 Å². The number of aryl methyl sites for hydroxylation is 1. The Morgan fingerprint density at radius 3 is 2.61 bits per heavy atom. The number of carboxylic acid groups (broad SMARTS) is 1. The highest BCUT2D eigenvalue weighted by Gasteiger charge is 2.39. The molecule has 0 radical (unpaired) electrons. The predicted molar refractivity (Wildman–Crippen MR) is 109 cm³/mol. The lowest BCUT2D eigenvalue weighted by atomic mass is 9.89. The highest BCUT2D eigenvalue weighted by molar-refractivity contribution is 5.66. The van der Waals surface area contributed by atoms with Gasteiger partial charge in [-0.05, 0) is 43.6 Å². The van der Waals surface area contributed by atoms with Crippen molar-refractivity contribution < 1.29 is 25.2 Å². The highest BCUT2D eigenvalue weighted by Crippen LogP contribution is 2.36. The van der Waals surface area contributed by atoms with E-state index in [9.17, 15) is 20.1 Å². The number of allylic oxidation sites excluding steroid dienone is 2. The first-order valence-corrected chi connectivity index (χ1v) is 10.1. The SMILES string of the molecule is O=C(O)CCC/C=C\C[C@@H]1[C@@H](C=C[C@H](O)CCc2ccccc2)[C@H](O)C[C@@H]1O. The first-order valence-electron chi connectivity index (χ1n) is 10.1. The molecule has 1 aromatic rings. The Morgan fingerprint density at radius 1 is 1.14 bits per heavy atom. The Labute approximate surface area is 167 Å². The summed E-state index contributed by atoms with van der Waals surface area (Å²) in [4.78, 5) is 10.5. The van der Waals surface area contributed by atoms with E-state index in [2.05, 4.69) is 0 Å². The summed E-state index contributed by atoms with van der Waals surface area (Å²) in [6.45, 7) is 0. The molecule has 1 aliphatic rings. The number of carbonyl (C=O) groups is 1. The van der Waals surface area contributed by atoms with Crippen molar-refractivity contribution in [3.05, 3.63) is 60.2 Å². The Morgan fingerprint density at radius 2 is 1.89 bits per heavy atom. The molecule has 0 aromatic heterocycles. The highest BCUT2D eigenvalue weighted by atomic mass is 16.4. The standard InChI is InChI=1S/C23H32O5/c24-18(13-12-17-8-4-3-5-9-17)14-15-20-19(21(25)16-22(20)26)10-6-1-2-7-11-23(27)28/h1,3-6,8-9,14-15,18-22,24-26H,2,7,10-13,16H2,(H,27,28)/b6-1-,15-14?/t18-,19-,20-,21+,22-/m1/s1. The van der Waals surface area contributed by atoms with Crippen LogP contribution in [-0.2, 0) is 11.2 Å². The molecule has 5 heteroatoms. The molecule has 5 nitrogen and oxygen atoms in total. The van der Waals surface area contributed by atoms with Crippen LogP contribution in [0.15, 0.2) is 54.6 Å². The van der Waals surface area contributed by atoms with Crippen LogP contribution in [0.4, 0.5) is 0 Å². The molecule has 0 spiro atoms. The second-order valence-electron chi connectivity index (χ2n) is 7.58. The van der Waals surface area contributed by atoms with Gasteiger partial charge < -0.3 is 20.4 Å². The number of benzene rings is 1. The fourth-order valence-electron chi connectivity index (χ4n) is 3.76. The number of unbranched alkanes of at least 4 members (excludes halogenated alkanes) is 1. The molecule has 0 amide bonds. The summed E-state index contributed by atoms with van der Waals surface area (Å²) in [6, 6.07) is 9.99. The van der Waals surface area contributed by atoms with Gasteiger partial charge in [-0.1, -0.05) is 54.6 Å². The average molecular weight is 389 g/mol. The van der Waals surface area contributed by atoms with E-state index in [1.54, 1.807) is 6.08 Å². The van der Waals surface area contributed by atoms with E-state index < -0.39 is 24.3 Å². The van der Waals surface area contributed by atoms with Gasteiger partial charge in [0.25, 0.3) is 0 Å². The lowest BCUT2D eigenvalue weighted by Crippen LogP contribution is -2.20. The number of carboxylic acids is 1. The molecular weight excluding hydrogens is 356 g/mol. The Kier molecular flexibility index (Phi) is 9.41. The van der Waals surface area contributed by atoms with Crippen molar-refractivity contribution in [3.63, 3.8) is 0 Å². The minimum absolute atomic E-state index is 0.0942. The smallest absolute Gasteiger partial charge is 0.303 e. The lowest BCUT2D eigenvalue weighted by Gasteiger charge is -2.19. The zero-order valence-electron chi connectivity index (χ0n) is 16.2. The van der Waals surface area contributed by atoms with E-state index in [1.807, 2.05) is 48.6 Å². The number of hydrogen-bond acceptors (Lipinski definition) is 4. The van der Waals surface area contributed by atoms with Gasteiger partial charge in [0.2, 0.25) is 0 Å². The first-order chi connectivity index (χ1) is 13.5. The molecule has 1 fully saturated rings. The molecule has 4 N–H and O–H groups in total. The maximum atomic E-state index is 10.5. The number of aliphatic hydroxyl groups is 3. The molecule has 0 aliphatic heterocycles. The van der Waals surface area contributed by atoms with Crippen LogP contribution in [0.25, 0.3) is 0 Å². The van der Waals surface area contributed by atoms with E-state index in [4.69, 9.17) is 5.11 Å². The molecule has 5 atom stereocenters. The fourth-order valence-corrected chi connectivity index (χ4v) is 3.76. The monoisotopic (exact) mass is 388 g/mol. The largest absolute Gasteiger partial charge is 0.481 e. The summed E-state index contributed by atoms with van der Waals surface area (Å²) in [5.41, 5.74) is 1.18. The van der Waals surface area contributed by atoms with Crippen LogP contribution in [0, 0.1) is 11.8 Å². The molecular formula is C23H32O5. The summed E-state index contributed by atoms with van der Waals surface area (Å²) in [5, 5.41) is 39.4. The van der Waals surface area contributed by atoms with Crippen LogP contribution in [-0.4, -0.2) is 44.7 Å². The third-order valence-corrected chi connectivity index (χ3v) is 5.38. The van der Waals surface area contributed by atoms with E-state index in [1.165, 1.54) is 5.56 Å². The van der Waals surface area contributed by atoms with E-state index in [0.717, 1.165) is 6.42 Å². The molecule has 1 saturated carbocycles. The normalized spacial score (nSPS) is 26.2. The topological polar surface area (TPSA) is 98.0 Å². The van der Waals surface area contributed by atoms with Crippen LogP contribution in [0.5, 0.6) is 0 Å². The van der Waals surface area contributed by atoms with Gasteiger partial charge in [-0.2, -0.15) is 0 Å². The maximum absolute atomic E-state index is 10.5. The van der Waals surface area contributed by atoms with Gasteiger partial charge in [0.05, 0.1) is 18.3 Å². The van der Waals surface area contributed by atoms with Crippen molar-refractivity contribution in [1.29, 1.82) is 0 Å². The summed E-state index contributed by atoms with van der Waals surface area (Å²) in [6.07, 6.45) is 9.51. The second-order valence-corrected chi connectivity index (χ2v) is 7.58. The van der Waals surface area contributed by atoms with Gasteiger partial charge in [-0.3, -0.25) is 4.79 Å². The third-order valence-electron chi connectivity index (χ3n) is 5.38. The molecule has 0 unspecified atom stereocenters. The zero-order chi connectivity index (χ0) is 20.4. The Balaban J connectivity index is 1.82. The minimum atomic E-state index is -0.793. The van der Waals surface area contributed by atoms with Gasteiger partial charge in [0, 0.05) is 18.8 Å². The molecule has 0 heterocycles. The summed E-state index contributed by atoms with van der Waals surface area (Å²) < 4.78 is 0. The van der Waals surface area contributed by atoms with Crippen molar-refractivity contribution in [2.45, 2.75) is 63.3 Å². The number of rotatable bonds is 11. The quantitative estimate of drug-likeness (QED) is 0.345. The van der Waals surface area contributed by atoms with Crippen molar-refractivity contribution in [3.8, 4) is 0 Å². The Hall–Kier alpha value is -1.95. The van der Waals surface area contributed by atoms with Crippen molar-refractivity contribution in [2.75, 3.05) is 0 Å². The molecule has 1 aromatic carbocycles. The van der Waals surface area contributed by atoms with E-state index >= 15 is 0 Å². The van der Waals surface area contributed by atoms with Gasteiger partial charge in [0.15, 0.2) is 0 Å². The van der Waals surface area contributed by atoms with Crippen LogP contribution < -0.4 is 0 Å². The van der Waals surface area contributed by atoms with Crippen molar-refractivity contribution >= 4 is 5.97 Å². The van der Waals surface area contributed by atoms with Gasteiger partial charge in [-0.25, -0.2) is 0 Å². The zero-order valence-corrected chi connectivity index (χ0v) is 16.2. The van der Waals surface area contributed by atoms with Crippen LogP contribution in [0.3, 0.4) is 0 Å². The van der Waals surface area contributed by atoms with Crippen LogP contribution >= 0.6 is 0 Å². The molecule has 154 valence electrons. The average Bonchev–Trinajstić information content (AvgIpc) is 2.94. The third kappa shape index (κ3) is 7.58. The fraction of sp³-hybridized carbons (Fsp3) is 0.522. The van der Waals surface area contributed by atoms with Crippen LogP contribution in [0.1, 0.15) is 44.1 Å². The summed E-state index contributed by atoms with van der Waals surface area (Å²) in [5.74, 6) is -1.08. The number of aliphatic carboxylic acids is 1. The van der Waals surface area contributed by atoms with Crippen LogP contribution in [0.2, 0.25) is 0 Å². The van der Waals surface area contributed by atoms with E-state index in [-0.39, 0.29) is 18.3 Å². The number of aliphatic hydroxyl groups excluding tert-OH is 3. The lowest BCUT2D eigenvalue weighted by molar-refractivity contribution is -0.137. The first kappa shape index (κ1) is 22.3. The maximum Gasteiger partial charge on any atom is 0.303 e. The summed E-state index contributed by atoms with van der Waals surface area (Å²) in [7, 11) is 0. The van der Waals surface area contributed by atoms with Crippen molar-refractivity contribution in [1.82, 2.24) is 0 Å². The van der Waals surface area contributed by atoms with Gasteiger partial charge in [-0.15, -0.1) is 0 Å².